The van der Waals surface area contributed by atoms with E-state index >= 15 is 0 Å². The van der Waals surface area contributed by atoms with Gasteiger partial charge in [0.25, 0.3) is 0 Å². The highest BCUT2D eigenvalue weighted by atomic mass is 32.2. The molecule has 1 N–H and O–H groups in total. The molecule has 21 heavy (non-hydrogen) atoms. The summed E-state index contributed by atoms with van der Waals surface area (Å²) in [6, 6.07) is 7.50. The fourth-order valence-corrected chi connectivity index (χ4v) is 2.81. The van der Waals surface area contributed by atoms with E-state index < -0.39 is 9.84 Å². The molecule has 0 spiro atoms. The van der Waals surface area contributed by atoms with Gasteiger partial charge in [0.05, 0.1) is 11.5 Å². The van der Waals surface area contributed by atoms with Crippen molar-refractivity contribution in [2.45, 2.75) is 49.5 Å². The summed E-state index contributed by atoms with van der Waals surface area (Å²) in [5.41, 5.74) is 0. The van der Waals surface area contributed by atoms with Gasteiger partial charge >= 0.3 is 0 Å². The van der Waals surface area contributed by atoms with Crippen molar-refractivity contribution in [2.75, 3.05) is 19.4 Å². The van der Waals surface area contributed by atoms with E-state index in [2.05, 4.69) is 5.32 Å². The van der Waals surface area contributed by atoms with Gasteiger partial charge in [0.15, 0.2) is 9.84 Å². The van der Waals surface area contributed by atoms with E-state index in [0.717, 1.165) is 25.4 Å². The standard InChI is InChI=1S/C16H25NO3S/c1-21(18,19)16-8-6-7-15(13-16)20-12-5-3-2-4-11-17-14-9-10-14/h6-8,13-14,17H,2-5,9-12H2,1H3. The molecule has 0 amide bonds. The quantitative estimate of drug-likeness (QED) is 0.675. The maximum atomic E-state index is 11.5. The SMILES string of the molecule is CS(=O)(=O)c1cccc(OCCCCCCNC2CC2)c1. The van der Waals surface area contributed by atoms with E-state index in [-0.39, 0.29) is 0 Å². The molecular formula is C16H25NO3S. The summed E-state index contributed by atoms with van der Waals surface area (Å²) in [4.78, 5) is 0.311. The van der Waals surface area contributed by atoms with Crippen molar-refractivity contribution in [3.05, 3.63) is 24.3 Å². The largest absolute Gasteiger partial charge is 0.494 e. The van der Waals surface area contributed by atoms with Gasteiger partial charge < -0.3 is 10.1 Å². The monoisotopic (exact) mass is 311 g/mol. The second-order valence-electron chi connectivity index (χ2n) is 5.74. The van der Waals surface area contributed by atoms with Gasteiger partial charge in [0.2, 0.25) is 0 Å². The molecule has 1 fully saturated rings. The van der Waals surface area contributed by atoms with E-state index in [1.807, 2.05) is 0 Å². The minimum absolute atomic E-state index is 0.311. The van der Waals surface area contributed by atoms with Gasteiger partial charge in [-0.15, -0.1) is 0 Å². The average molecular weight is 311 g/mol. The Bertz CT molecular complexity index is 538. The highest BCUT2D eigenvalue weighted by molar-refractivity contribution is 7.90. The number of unbranched alkanes of at least 4 members (excludes halogenated alkanes) is 3. The van der Waals surface area contributed by atoms with Crippen LogP contribution in [0, 0.1) is 0 Å². The molecule has 1 aliphatic rings. The number of benzene rings is 1. The maximum absolute atomic E-state index is 11.5. The second kappa shape index (κ2) is 7.80. The van der Waals surface area contributed by atoms with E-state index in [0.29, 0.717) is 17.3 Å². The topological polar surface area (TPSA) is 55.4 Å². The zero-order valence-corrected chi connectivity index (χ0v) is 13.5. The Balaban J connectivity index is 1.57. The highest BCUT2D eigenvalue weighted by Crippen LogP contribution is 2.19. The van der Waals surface area contributed by atoms with Crippen LogP contribution in [0.5, 0.6) is 5.75 Å². The maximum Gasteiger partial charge on any atom is 0.175 e. The van der Waals surface area contributed by atoms with Gasteiger partial charge in [-0.2, -0.15) is 0 Å². The van der Waals surface area contributed by atoms with Crippen LogP contribution in [0.15, 0.2) is 29.2 Å². The molecule has 1 saturated carbocycles. The van der Waals surface area contributed by atoms with Gasteiger partial charge in [-0.05, 0) is 50.4 Å². The van der Waals surface area contributed by atoms with Crippen LogP contribution >= 0.6 is 0 Å². The average Bonchev–Trinajstić information content (AvgIpc) is 3.25. The van der Waals surface area contributed by atoms with Crippen LogP contribution in [-0.4, -0.2) is 33.9 Å². The minimum atomic E-state index is -3.16. The van der Waals surface area contributed by atoms with Crippen molar-refractivity contribution in [1.82, 2.24) is 5.32 Å². The van der Waals surface area contributed by atoms with Crippen molar-refractivity contribution < 1.29 is 13.2 Å². The van der Waals surface area contributed by atoms with E-state index in [4.69, 9.17) is 4.74 Å². The molecule has 0 heterocycles. The molecule has 0 radical (unpaired) electrons. The normalized spacial score (nSPS) is 15.1. The zero-order chi connectivity index (χ0) is 15.1. The molecule has 4 nitrogen and oxygen atoms in total. The first-order chi connectivity index (χ1) is 10.1. The number of hydrogen-bond acceptors (Lipinski definition) is 4. The molecule has 0 aromatic heterocycles. The molecule has 0 saturated heterocycles. The Morgan fingerprint density at radius 2 is 1.95 bits per heavy atom. The summed E-state index contributed by atoms with van der Waals surface area (Å²) in [6.07, 6.45) is 8.50. The lowest BCUT2D eigenvalue weighted by molar-refractivity contribution is 0.303. The first-order valence-corrected chi connectivity index (χ1v) is 9.61. The predicted molar refractivity (Wildman–Crippen MR) is 84.5 cm³/mol. The lowest BCUT2D eigenvalue weighted by Gasteiger charge is -2.07. The fraction of sp³-hybridized carbons (Fsp3) is 0.625. The molecule has 1 aromatic carbocycles. The number of nitrogens with one attached hydrogen (secondary N) is 1. The molecule has 5 heteroatoms. The Hall–Kier alpha value is -1.07. The Kier molecular flexibility index (Phi) is 6.06. The van der Waals surface area contributed by atoms with Crippen LogP contribution < -0.4 is 10.1 Å². The van der Waals surface area contributed by atoms with Crippen molar-refractivity contribution >= 4 is 9.84 Å². The summed E-state index contributed by atoms with van der Waals surface area (Å²) in [6.45, 7) is 1.77. The number of hydrogen-bond donors (Lipinski definition) is 1. The number of sulfone groups is 1. The lowest BCUT2D eigenvalue weighted by atomic mass is 10.2. The molecule has 2 rings (SSSR count). The Labute approximate surface area is 127 Å². The molecule has 1 aromatic rings. The number of ether oxygens (including phenoxy) is 1. The fourth-order valence-electron chi connectivity index (χ4n) is 2.16. The summed E-state index contributed by atoms with van der Waals surface area (Å²) in [5, 5.41) is 3.51. The van der Waals surface area contributed by atoms with Crippen LogP contribution in [-0.2, 0) is 9.84 Å². The van der Waals surface area contributed by atoms with Gasteiger partial charge in [-0.25, -0.2) is 8.42 Å². The van der Waals surface area contributed by atoms with Gasteiger partial charge in [0, 0.05) is 12.3 Å². The van der Waals surface area contributed by atoms with Crippen LogP contribution in [0.2, 0.25) is 0 Å². The third-order valence-electron chi connectivity index (χ3n) is 3.58. The summed E-state index contributed by atoms with van der Waals surface area (Å²) in [5.74, 6) is 0.633. The van der Waals surface area contributed by atoms with Crippen LogP contribution in [0.3, 0.4) is 0 Å². The van der Waals surface area contributed by atoms with Crippen LogP contribution in [0.1, 0.15) is 38.5 Å². The molecule has 0 aliphatic heterocycles. The molecule has 1 aliphatic carbocycles. The summed E-state index contributed by atoms with van der Waals surface area (Å²) < 4.78 is 28.5. The third kappa shape index (κ3) is 6.48. The second-order valence-corrected chi connectivity index (χ2v) is 7.75. The van der Waals surface area contributed by atoms with E-state index in [9.17, 15) is 8.42 Å². The molecule has 0 unspecified atom stereocenters. The Morgan fingerprint density at radius 3 is 2.67 bits per heavy atom. The molecule has 0 bridgehead atoms. The minimum Gasteiger partial charge on any atom is -0.494 e. The molecule has 118 valence electrons. The van der Waals surface area contributed by atoms with Crippen molar-refractivity contribution in [2.24, 2.45) is 0 Å². The lowest BCUT2D eigenvalue weighted by Crippen LogP contribution is -2.17. The van der Waals surface area contributed by atoms with Crippen LogP contribution in [0.4, 0.5) is 0 Å². The summed E-state index contributed by atoms with van der Waals surface area (Å²) in [7, 11) is -3.16. The first-order valence-electron chi connectivity index (χ1n) is 7.72. The summed E-state index contributed by atoms with van der Waals surface area (Å²) >= 11 is 0. The zero-order valence-electron chi connectivity index (χ0n) is 12.7. The molecule has 0 atom stereocenters. The number of rotatable bonds is 10. The van der Waals surface area contributed by atoms with Crippen LogP contribution in [0.25, 0.3) is 0 Å². The van der Waals surface area contributed by atoms with Crippen molar-refractivity contribution in [1.29, 1.82) is 0 Å². The van der Waals surface area contributed by atoms with Gasteiger partial charge in [-0.3, -0.25) is 0 Å². The highest BCUT2D eigenvalue weighted by Gasteiger charge is 2.19. The predicted octanol–water partition coefficient (Wildman–Crippen LogP) is 2.78. The first kappa shape index (κ1) is 16.3. The van der Waals surface area contributed by atoms with Gasteiger partial charge in [-0.1, -0.05) is 18.9 Å². The van der Waals surface area contributed by atoms with Crippen molar-refractivity contribution in [3.63, 3.8) is 0 Å². The van der Waals surface area contributed by atoms with Gasteiger partial charge in [0.1, 0.15) is 5.75 Å². The smallest absolute Gasteiger partial charge is 0.175 e. The molecular weight excluding hydrogens is 286 g/mol. The van der Waals surface area contributed by atoms with E-state index in [1.54, 1.807) is 24.3 Å². The third-order valence-corrected chi connectivity index (χ3v) is 4.69. The van der Waals surface area contributed by atoms with E-state index in [1.165, 1.54) is 31.9 Å². The Morgan fingerprint density at radius 1 is 1.19 bits per heavy atom. The van der Waals surface area contributed by atoms with Crippen molar-refractivity contribution in [3.8, 4) is 5.75 Å².